The zero-order valence-electron chi connectivity index (χ0n) is 14.8. The predicted molar refractivity (Wildman–Crippen MR) is 101 cm³/mol. The number of aryl methyl sites for hydroxylation is 3. The molecule has 3 rings (SSSR count). The number of nitrogens with one attached hydrogen (secondary N) is 1. The first-order valence-electron chi connectivity index (χ1n) is 8.15. The fourth-order valence-electron chi connectivity index (χ4n) is 2.39. The highest BCUT2D eigenvalue weighted by atomic mass is 32.1. The molecule has 0 saturated carbocycles. The summed E-state index contributed by atoms with van der Waals surface area (Å²) in [5.41, 5.74) is 3.56. The molecule has 0 radical (unpaired) electrons. The van der Waals surface area contributed by atoms with Gasteiger partial charge in [0.15, 0.2) is 0 Å². The zero-order chi connectivity index (χ0) is 18.7. The smallest absolute Gasteiger partial charge is 0.267 e. The Hall–Kier alpha value is -2.73. The summed E-state index contributed by atoms with van der Waals surface area (Å²) in [5.74, 6) is 0.171. The van der Waals surface area contributed by atoms with Crippen LogP contribution in [0.4, 0.5) is 10.1 Å². The summed E-state index contributed by atoms with van der Waals surface area (Å²) < 4.78 is 18.7. The first-order valence-corrected chi connectivity index (χ1v) is 8.97. The molecule has 1 N–H and O–H groups in total. The molecular formula is C20H19FN2O2S. The van der Waals surface area contributed by atoms with Gasteiger partial charge >= 0.3 is 0 Å². The minimum Gasteiger partial charge on any atom is -0.486 e. The van der Waals surface area contributed by atoms with E-state index in [9.17, 15) is 9.18 Å². The lowest BCUT2D eigenvalue weighted by molar-refractivity contribution is 0.103. The van der Waals surface area contributed by atoms with Gasteiger partial charge < -0.3 is 10.1 Å². The van der Waals surface area contributed by atoms with Gasteiger partial charge in [0.05, 0.1) is 5.69 Å². The number of carbonyl (C=O) groups excluding carboxylic acids is 1. The molecule has 0 bridgehead atoms. The van der Waals surface area contributed by atoms with E-state index in [0.29, 0.717) is 22.9 Å². The maximum absolute atomic E-state index is 13.0. The summed E-state index contributed by atoms with van der Waals surface area (Å²) in [4.78, 5) is 17.4. The average Bonchev–Trinajstić information content (AvgIpc) is 2.99. The van der Waals surface area contributed by atoms with Gasteiger partial charge in [-0.2, -0.15) is 0 Å². The van der Waals surface area contributed by atoms with Gasteiger partial charge in [0, 0.05) is 5.69 Å². The van der Waals surface area contributed by atoms with E-state index < -0.39 is 0 Å². The number of anilines is 1. The maximum Gasteiger partial charge on any atom is 0.267 e. The molecule has 134 valence electrons. The van der Waals surface area contributed by atoms with Crippen molar-refractivity contribution >= 4 is 22.9 Å². The number of amides is 1. The number of hydrogen-bond donors (Lipinski definition) is 1. The molecule has 1 amide bonds. The van der Waals surface area contributed by atoms with Crippen molar-refractivity contribution < 1.29 is 13.9 Å². The summed E-state index contributed by atoms with van der Waals surface area (Å²) in [7, 11) is 0. The summed E-state index contributed by atoms with van der Waals surface area (Å²) in [6, 6.07) is 11.6. The van der Waals surface area contributed by atoms with E-state index >= 15 is 0 Å². The summed E-state index contributed by atoms with van der Waals surface area (Å²) in [6.07, 6.45) is 0. The standard InChI is InChI=1S/C20H19FN2O2S/c1-12-4-9-17(10-13(12)2)25-11-18-22-14(3)19(26-18)20(24)23-16-7-5-15(21)6-8-16/h4-10H,11H2,1-3H3,(H,23,24). The molecule has 2 aromatic carbocycles. The number of rotatable bonds is 5. The number of halogens is 1. The lowest BCUT2D eigenvalue weighted by Crippen LogP contribution is -2.11. The number of carbonyl (C=O) groups is 1. The van der Waals surface area contributed by atoms with Crippen LogP contribution in [-0.2, 0) is 6.61 Å². The van der Waals surface area contributed by atoms with Gasteiger partial charge in [-0.1, -0.05) is 6.07 Å². The van der Waals surface area contributed by atoms with Crippen molar-refractivity contribution in [2.75, 3.05) is 5.32 Å². The third-order valence-electron chi connectivity index (χ3n) is 3.99. The Morgan fingerprint density at radius 3 is 2.54 bits per heavy atom. The normalized spacial score (nSPS) is 10.6. The SMILES string of the molecule is Cc1ccc(OCc2nc(C)c(C(=O)Nc3ccc(F)cc3)s2)cc1C. The molecule has 1 heterocycles. The van der Waals surface area contributed by atoms with Crippen molar-refractivity contribution in [2.24, 2.45) is 0 Å². The highest BCUT2D eigenvalue weighted by molar-refractivity contribution is 7.13. The molecule has 26 heavy (non-hydrogen) atoms. The number of aromatic nitrogens is 1. The van der Waals surface area contributed by atoms with Gasteiger partial charge in [-0.25, -0.2) is 9.37 Å². The van der Waals surface area contributed by atoms with Crippen LogP contribution in [0.15, 0.2) is 42.5 Å². The predicted octanol–water partition coefficient (Wildman–Crippen LogP) is 5.04. The van der Waals surface area contributed by atoms with Gasteiger partial charge in [0.1, 0.15) is 28.1 Å². The molecule has 0 saturated heterocycles. The van der Waals surface area contributed by atoms with E-state index in [0.717, 1.165) is 16.3 Å². The number of ether oxygens (including phenoxy) is 1. The average molecular weight is 370 g/mol. The van der Waals surface area contributed by atoms with Crippen LogP contribution >= 0.6 is 11.3 Å². The monoisotopic (exact) mass is 370 g/mol. The van der Waals surface area contributed by atoms with Crippen LogP contribution in [-0.4, -0.2) is 10.9 Å². The minimum absolute atomic E-state index is 0.260. The van der Waals surface area contributed by atoms with E-state index in [1.54, 1.807) is 6.92 Å². The van der Waals surface area contributed by atoms with E-state index in [1.165, 1.54) is 41.2 Å². The van der Waals surface area contributed by atoms with E-state index in [2.05, 4.69) is 17.2 Å². The van der Waals surface area contributed by atoms with Crippen LogP contribution in [0.2, 0.25) is 0 Å². The van der Waals surface area contributed by atoms with Gasteiger partial charge in [0.2, 0.25) is 0 Å². The molecule has 4 nitrogen and oxygen atoms in total. The van der Waals surface area contributed by atoms with Crippen molar-refractivity contribution in [3.63, 3.8) is 0 Å². The van der Waals surface area contributed by atoms with Crippen molar-refractivity contribution in [2.45, 2.75) is 27.4 Å². The fourth-order valence-corrected chi connectivity index (χ4v) is 3.27. The Morgan fingerprint density at radius 1 is 1.12 bits per heavy atom. The molecule has 6 heteroatoms. The lowest BCUT2D eigenvalue weighted by Gasteiger charge is -2.06. The van der Waals surface area contributed by atoms with Crippen molar-refractivity contribution in [1.29, 1.82) is 0 Å². The van der Waals surface area contributed by atoms with Gasteiger partial charge in [-0.3, -0.25) is 4.79 Å². The van der Waals surface area contributed by atoms with Crippen molar-refractivity contribution in [3.05, 3.63) is 75.0 Å². The van der Waals surface area contributed by atoms with Crippen LogP contribution in [0, 0.1) is 26.6 Å². The maximum atomic E-state index is 13.0. The van der Waals surface area contributed by atoms with Gasteiger partial charge in [0.25, 0.3) is 5.91 Å². The van der Waals surface area contributed by atoms with Crippen molar-refractivity contribution in [3.8, 4) is 5.75 Å². The molecule has 1 aromatic heterocycles. The number of hydrogen-bond acceptors (Lipinski definition) is 4. The molecule has 0 aliphatic carbocycles. The summed E-state index contributed by atoms with van der Waals surface area (Å²) in [5, 5.41) is 3.48. The van der Waals surface area contributed by atoms with E-state index in [1.807, 2.05) is 25.1 Å². The molecule has 3 aromatic rings. The van der Waals surface area contributed by atoms with Crippen LogP contribution in [0.1, 0.15) is 31.5 Å². The summed E-state index contributed by atoms with van der Waals surface area (Å²) >= 11 is 1.29. The second-order valence-electron chi connectivity index (χ2n) is 6.02. The number of benzene rings is 2. The van der Waals surface area contributed by atoms with Crippen molar-refractivity contribution in [1.82, 2.24) is 4.98 Å². The third-order valence-corrected chi connectivity index (χ3v) is 5.12. The van der Waals surface area contributed by atoms with Crippen LogP contribution in [0.25, 0.3) is 0 Å². The molecule has 0 atom stereocenters. The van der Waals surface area contributed by atoms with Gasteiger partial charge in [-0.15, -0.1) is 11.3 Å². The Morgan fingerprint density at radius 2 is 1.85 bits per heavy atom. The topological polar surface area (TPSA) is 51.2 Å². The Labute approximate surface area is 155 Å². The second-order valence-corrected chi connectivity index (χ2v) is 7.10. The van der Waals surface area contributed by atoms with Crippen LogP contribution < -0.4 is 10.1 Å². The number of nitrogens with zero attached hydrogens (tertiary/aromatic N) is 1. The summed E-state index contributed by atoms with van der Waals surface area (Å²) in [6.45, 7) is 6.18. The minimum atomic E-state index is -0.345. The Bertz CT molecular complexity index is 935. The van der Waals surface area contributed by atoms with E-state index in [-0.39, 0.29) is 11.7 Å². The molecule has 0 spiro atoms. The molecule has 0 fully saturated rings. The zero-order valence-corrected chi connectivity index (χ0v) is 15.6. The first-order chi connectivity index (χ1) is 12.4. The van der Waals surface area contributed by atoms with E-state index in [4.69, 9.17) is 4.74 Å². The molecule has 0 unspecified atom stereocenters. The molecule has 0 aliphatic rings. The quantitative estimate of drug-likeness (QED) is 0.685. The van der Waals surface area contributed by atoms with Crippen LogP contribution in [0.5, 0.6) is 5.75 Å². The lowest BCUT2D eigenvalue weighted by atomic mass is 10.1. The Kier molecular flexibility index (Phi) is 5.32. The largest absolute Gasteiger partial charge is 0.486 e. The second kappa shape index (κ2) is 7.66. The highest BCUT2D eigenvalue weighted by Crippen LogP contribution is 2.23. The molecular weight excluding hydrogens is 351 g/mol. The first kappa shape index (κ1) is 18.1. The highest BCUT2D eigenvalue weighted by Gasteiger charge is 2.16. The fraction of sp³-hybridized carbons (Fsp3) is 0.200. The molecule has 0 aliphatic heterocycles. The Balaban J connectivity index is 1.67. The van der Waals surface area contributed by atoms with Gasteiger partial charge in [-0.05, 0) is 68.3 Å². The van der Waals surface area contributed by atoms with Crippen LogP contribution in [0.3, 0.4) is 0 Å². The third kappa shape index (κ3) is 4.26. The number of thiazole rings is 1.